The highest BCUT2D eigenvalue weighted by atomic mass is 16.5. The molecule has 0 radical (unpaired) electrons. The molecule has 1 heterocycles. The molecule has 3 unspecified atom stereocenters. The van der Waals surface area contributed by atoms with Crippen LogP contribution < -0.4 is 5.73 Å². The first kappa shape index (κ1) is 9.93. The molecule has 0 bridgehead atoms. The van der Waals surface area contributed by atoms with Gasteiger partial charge < -0.3 is 15.4 Å². The molecule has 2 rings (SSSR count). The van der Waals surface area contributed by atoms with Crippen LogP contribution in [0.1, 0.15) is 19.8 Å². The first-order chi connectivity index (χ1) is 6.68. The highest BCUT2D eigenvalue weighted by molar-refractivity contribution is 5.82. The summed E-state index contributed by atoms with van der Waals surface area (Å²) in [7, 11) is 0. The molecule has 3 atom stereocenters. The van der Waals surface area contributed by atoms with Crippen molar-refractivity contribution in [2.45, 2.75) is 31.9 Å². The van der Waals surface area contributed by atoms with Gasteiger partial charge in [-0.15, -0.1) is 0 Å². The Labute approximate surface area is 84.4 Å². The van der Waals surface area contributed by atoms with Gasteiger partial charge in [-0.25, -0.2) is 0 Å². The van der Waals surface area contributed by atoms with E-state index in [1.165, 1.54) is 0 Å². The fraction of sp³-hybridized carbons (Fsp3) is 0.900. The van der Waals surface area contributed by atoms with Crippen LogP contribution >= 0.6 is 0 Å². The van der Waals surface area contributed by atoms with Crippen molar-refractivity contribution in [3.8, 4) is 0 Å². The lowest BCUT2D eigenvalue weighted by Crippen LogP contribution is -2.38. The smallest absolute Gasteiger partial charge is 0.227 e. The maximum atomic E-state index is 11.9. The second-order valence-corrected chi connectivity index (χ2v) is 4.33. The molecular weight excluding hydrogens is 180 g/mol. The number of carbonyl (C=O) groups excluding carboxylic acids is 1. The molecule has 14 heavy (non-hydrogen) atoms. The highest BCUT2D eigenvalue weighted by Crippen LogP contribution is 2.30. The van der Waals surface area contributed by atoms with Crippen molar-refractivity contribution in [1.29, 1.82) is 0 Å². The Kier molecular flexibility index (Phi) is 2.74. The van der Waals surface area contributed by atoms with E-state index in [9.17, 15) is 4.79 Å². The van der Waals surface area contributed by atoms with Crippen LogP contribution in [0.25, 0.3) is 0 Å². The van der Waals surface area contributed by atoms with E-state index >= 15 is 0 Å². The maximum Gasteiger partial charge on any atom is 0.227 e. The van der Waals surface area contributed by atoms with Crippen LogP contribution in [0.15, 0.2) is 0 Å². The van der Waals surface area contributed by atoms with Crippen molar-refractivity contribution in [1.82, 2.24) is 4.90 Å². The van der Waals surface area contributed by atoms with E-state index in [1.807, 2.05) is 11.8 Å². The molecule has 0 aromatic carbocycles. The van der Waals surface area contributed by atoms with E-state index in [-0.39, 0.29) is 24.0 Å². The standard InChI is InChI=1S/C10H18N2O2/c1-7-6-12(3-2-4-14-7)10(13)8-5-9(8)11/h7-9H,2-6,11H2,1H3. The predicted molar refractivity (Wildman–Crippen MR) is 52.7 cm³/mol. The molecule has 0 aromatic rings. The Balaban J connectivity index is 1.91. The highest BCUT2D eigenvalue weighted by Gasteiger charge is 2.42. The molecule has 0 spiro atoms. The van der Waals surface area contributed by atoms with Gasteiger partial charge >= 0.3 is 0 Å². The molecule has 1 aliphatic carbocycles. The molecule has 2 aliphatic rings. The van der Waals surface area contributed by atoms with Gasteiger partial charge in [-0.1, -0.05) is 0 Å². The quantitative estimate of drug-likeness (QED) is 0.644. The Morgan fingerprint density at radius 1 is 1.57 bits per heavy atom. The SMILES string of the molecule is CC1CN(C(=O)C2CC2N)CCCO1. The van der Waals surface area contributed by atoms with E-state index < -0.39 is 0 Å². The summed E-state index contributed by atoms with van der Waals surface area (Å²) in [6.45, 7) is 4.33. The zero-order chi connectivity index (χ0) is 10.1. The molecule has 0 aromatic heterocycles. The van der Waals surface area contributed by atoms with E-state index in [2.05, 4.69) is 0 Å². The monoisotopic (exact) mass is 198 g/mol. The summed E-state index contributed by atoms with van der Waals surface area (Å²) >= 11 is 0. The number of hydrogen-bond donors (Lipinski definition) is 1. The summed E-state index contributed by atoms with van der Waals surface area (Å²) in [5.41, 5.74) is 5.67. The van der Waals surface area contributed by atoms with Gasteiger partial charge in [0.15, 0.2) is 0 Å². The molecule has 2 N–H and O–H groups in total. The van der Waals surface area contributed by atoms with Crippen LogP contribution in [0, 0.1) is 5.92 Å². The number of carbonyl (C=O) groups is 1. The van der Waals surface area contributed by atoms with Gasteiger partial charge in [0.25, 0.3) is 0 Å². The summed E-state index contributed by atoms with van der Waals surface area (Å²) in [5.74, 6) is 0.329. The van der Waals surface area contributed by atoms with E-state index in [1.54, 1.807) is 0 Å². The van der Waals surface area contributed by atoms with Crippen LogP contribution in [0.3, 0.4) is 0 Å². The van der Waals surface area contributed by atoms with Crippen molar-refractivity contribution in [2.24, 2.45) is 11.7 Å². The number of amides is 1. The molecule has 4 nitrogen and oxygen atoms in total. The zero-order valence-electron chi connectivity index (χ0n) is 8.61. The zero-order valence-corrected chi connectivity index (χ0v) is 8.61. The minimum absolute atomic E-state index is 0.0975. The van der Waals surface area contributed by atoms with Crippen LogP contribution in [0.2, 0.25) is 0 Å². The van der Waals surface area contributed by atoms with Crippen LogP contribution in [-0.2, 0) is 9.53 Å². The average molecular weight is 198 g/mol. The lowest BCUT2D eigenvalue weighted by Gasteiger charge is -2.22. The lowest BCUT2D eigenvalue weighted by atomic mass is 10.3. The molecule has 4 heteroatoms. The van der Waals surface area contributed by atoms with Gasteiger partial charge in [-0.3, -0.25) is 4.79 Å². The van der Waals surface area contributed by atoms with Crippen molar-refractivity contribution in [2.75, 3.05) is 19.7 Å². The first-order valence-electron chi connectivity index (χ1n) is 5.34. The molecule has 1 saturated carbocycles. The molecule has 1 aliphatic heterocycles. The summed E-state index contributed by atoms with van der Waals surface area (Å²) in [4.78, 5) is 13.8. The summed E-state index contributed by atoms with van der Waals surface area (Å²) in [6.07, 6.45) is 1.97. The topological polar surface area (TPSA) is 55.6 Å². The van der Waals surface area contributed by atoms with Gasteiger partial charge in [-0.2, -0.15) is 0 Å². The predicted octanol–water partition coefficient (Wildman–Crippen LogP) is -0.0290. The number of nitrogens with zero attached hydrogens (tertiary/aromatic N) is 1. The summed E-state index contributed by atoms with van der Waals surface area (Å²) < 4.78 is 5.49. The summed E-state index contributed by atoms with van der Waals surface area (Å²) in [5, 5.41) is 0. The Morgan fingerprint density at radius 3 is 2.93 bits per heavy atom. The van der Waals surface area contributed by atoms with Crippen molar-refractivity contribution < 1.29 is 9.53 Å². The van der Waals surface area contributed by atoms with E-state index in [0.29, 0.717) is 0 Å². The second kappa shape index (κ2) is 3.87. The third kappa shape index (κ3) is 2.07. The van der Waals surface area contributed by atoms with Crippen molar-refractivity contribution in [3.05, 3.63) is 0 Å². The minimum Gasteiger partial charge on any atom is -0.377 e. The average Bonchev–Trinajstić information content (AvgIpc) is 2.89. The number of hydrogen-bond acceptors (Lipinski definition) is 3. The third-order valence-corrected chi connectivity index (χ3v) is 2.92. The molecule has 2 fully saturated rings. The maximum absolute atomic E-state index is 11.9. The minimum atomic E-state index is 0.0975. The Bertz CT molecular complexity index is 232. The molecule has 1 amide bonds. The van der Waals surface area contributed by atoms with Gasteiger partial charge in [0.1, 0.15) is 0 Å². The molecule has 80 valence electrons. The first-order valence-corrected chi connectivity index (χ1v) is 5.34. The fourth-order valence-electron chi connectivity index (χ4n) is 1.93. The number of nitrogens with two attached hydrogens (primary N) is 1. The number of ether oxygens (including phenoxy) is 1. The van der Waals surface area contributed by atoms with E-state index in [4.69, 9.17) is 10.5 Å². The van der Waals surface area contributed by atoms with Gasteiger partial charge in [0.2, 0.25) is 5.91 Å². The van der Waals surface area contributed by atoms with Gasteiger partial charge in [0.05, 0.1) is 12.0 Å². The lowest BCUT2D eigenvalue weighted by molar-refractivity contribution is -0.133. The Hall–Kier alpha value is -0.610. The number of rotatable bonds is 1. The largest absolute Gasteiger partial charge is 0.377 e. The van der Waals surface area contributed by atoms with Gasteiger partial charge in [-0.05, 0) is 19.8 Å². The second-order valence-electron chi connectivity index (χ2n) is 4.33. The summed E-state index contributed by atoms with van der Waals surface area (Å²) in [6, 6.07) is 0.113. The van der Waals surface area contributed by atoms with Crippen molar-refractivity contribution in [3.63, 3.8) is 0 Å². The molecule has 1 saturated heterocycles. The molecular formula is C10H18N2O2. The Morgan fingerprint density at radius 2 is 2.29 bits per heavy atom. The fourth-order valence-corrected chi connectivity index (χ4v) is 1.93. The third-order valence-electron chi connectivity index (χ3n) is 2.92. The van der Waals surface area contributed by atoms with Crippen LogP contribution in [-0.4, -0.2) is 42.6 Å². The normalized spacial score (nSPS) is 37.9. The van der Waals surface area contributed by atoms with E-state index in [0.717, 1.165) is 32.5 Å². The van der Waals surface area contributed by atoms with Crippen LogP contribution in [0.4, 0.5) is 0 Å². The van der Waals surface area contributed by atoms with Crippen LogP contribution in [0.5, 0.6) is 0 Å². The van der Waals surface area contributed by atoms with Crippen molar-refractivity contribution >= 4 is 5.91 Å². The van der Waals surface area contributed by atoms with Gasteiger partial charge in [0, 0.05) is 25.7 Å².